The van der Waals surface area contributed by atoms with Crippen molar-refractivity contribution in [3.05, 3.63) is 60.4 Å². The van der Waals surface area contributed by atoms with E-state index in [-0.39, 0.29) is 0 Å². The summed E-state index contributed by atoms with van der Waals surface area (Å²) in [5.74, 6) is 1.64. The molecule has 0 amide bonds. The Morgan fingerprint density at radius 2 is 1.81 bits per heavy atom. The fraction of sp³-hybridized carbons (Fsp3) is 0.118. The third-order valence-corrected chi connectivity index (χ3v) is 3.37. The summed E-state index contributed by atoms with van der Waals surface area (Å²) in [7, 11) is 1.65. The van der Waals surface area contributed by atoms with E-state index in [1.54, 1.807) is 19.5 Å². The van der Waals surface area contributed by atoms with Crippen LogP contribution in [-0.4, -0.2) is 12.1 Å². The van der Waals surface area contributed by atoms with Crippen molar-refractivity contribution >= 4 is 16.5 Å². The lowest BCUT2D eigenvalue weighted by Gasteiger charge is -2.11. The fourth-order valence-electron chi connectivity index (χ4n) is 2.19. The summed E-state index contributed by atoms with van der Waals surface area (Å²) in [6.45, 7) is 0.491. The Kier molecular flexibility index (Phi) is 3.60. The molecule has 2 aromatic carbocycles. The van der Waals surface area contributed by atoms with Crippen LogP contribution < -0.4 is 15.2 Å². The van der Waals surface area contributed by atoms with Gasteiger partial charge in [0, 0.05) is 28.9 Å². The number of pyridine rings is 1. The molecule has 21 heavy (non-hydrogen) atoms. The molecule has 0 aliphatic heterocycles. The van der Waals surface area contributed by atoms with E-state index < -0.39 is 0 Å². The number of fused-ring (bicyclic) bond motifs is 1. The lowest BCUT2D eigenvalue weighted by Crippen LogP contribution is -1.97. The number of nitrogen functional groups attached to an aromatic ring is 1. The Labute approximate surface area is 123 Å². The van der Waals surface area contributed by atoms with Crippen LogP contribution in [0.1, 0.15) is 5.56 Å². The summed E-state index contributed by atoms with van der Waals surface area (Å²) in [6.07, 6.45) is 3.49. The van der Waals surface area contributed by atoms with E-state index in [1.807, 2.05) is 42.5 Å². The molecule has 0 aliphatic rings. The van der Waals surface area contributed by atoms with E-state index in [2.05, 4.69) is 4.98 Å². The number of hydrogen-bond acceptors (Lipinski definition) is 4. The third-order valence-electron chi connectivity index (χ3n) is 3.37. The fourth-order valence-corrected chi connectivity index (χ4v) is 2.19. The Morgan fingerprint density at radius 3 is 2.57 bits per heavy atom. The number of methoxy groups -OCH3 is 1. The second kappa shape index (κ2) is 5.71. The van der Waals surface area contributed by atoms with E-state index in [4.69, 9.17) is 15.2 Å². The molecule has 4 heteroatoms. The average Bonchev–Trinajstić information content (AvgIpc) is 2.55. The Morgan fingerprint density at radius 1 is 1.00 bits per heavy atom. The number of anilines is 1. The van der Waals surface area contributed by atoms with Crippen LogP contribution in [0.5, 0.6) is 11.5 Å². The molecule has 0 radical (unpaired) electrons. The first-order chi connectivity index (χ1) is 10.3. The number of rotatable bonds is 4. The van der Waals surface area contributed by atoms with Gasteiger partial charge < -0.3 is 15.2 Å². The first-order valence-electron chi connectivity index (χ1n) is 6.66. The van der Waals surface area contributed by atoms with E-state index in [9.17, 15) is 0 Å². The molecule has 0 unspecified atom stereocenters. The molecular formula is C17H16N2O2. The van der Waals surface area contributed by atoms with E-state index in [1.165, 1.54) is 0 Å². The highest BCUT2D eigenvalue weighted by Gasteiger charge is 2.05. The number of hydrogen-bond donors (Lipinski definition) is 1. The molecule has 0 spiro atoms. The van der Waals surface area contributed by atoms with Crippen molar-refractivity contribution in [2.45, 2.75) is 6.61 Å². The molecule has 0 atom stereocenters. The monoisotopic (exact) mass is 280 g/mol. The van der Waals surface area contributed by atoms with Gasteiger partial charge in [-0.05, 0) is 35.9 Å². The van der Waals surface area contributed by atoms with Crippen molar-refractivity contribution in [2.24, 2.45) is 0 Å². The summed E-state index contributed by atoms with van der Waals surface area (Å²) >= 11 is 0. The molecule has 2 N–H and O–H groups in total. The van der Waals surface area contributed by atoms with Crippen molar-refractivity contribution in [1.82, 2.24) is 4.98 Å². The predicted molar refractivity (Wildman–Crippen MR) is 83.5 cm³/mol. The molecular weight excluding hydrogens is 264 g/mol. The van der Waals surface area contributed by atoms with Crippen molar-refractivity contribution in [1.29, 1.82) is 0 Å². The highest BCUT2D eigenvalue weighted by Crippen LogP contribution is 2.29. The van der Waals surface area contributed by atoms with Crippen molar-refractivity contribution in [2.75, 3.05) is 12.8 Å². The van der Waals surface area contributed by atoms with Gasteiger partial charge in [0.15, 0.2) is 0 Å². The molecule has 3 aromatic rings. The van der Waals surface area contributed by atoms with Crippen molar-refractivity contribution in [3.8, 4) is 11.5 Å². The van der Waals surface area contributed by atoms with Gasteiger partial charge in [0.25, 0.3) is 0 Å². The standard InChI is InChI=1S/C17H16N2O2/c1-20-13-4-2-12(3-5-13)11-21-17-7-6-16(18)15-10-19-9-8-14(15)17/h2-10H,11,18H2,1H3. The zero-order valence-corrected chi connectivity index (χ0v) is 11.7. The summed E-state index contributed by atoms with van der Waals surface area (Å²) in [6, 6.07) is 13.5. The molecule has 0 bridgehead atoms. The maximum Gasteiger partial charge on any atom is 0.127 e. The van der Waals surface area contributed by atoms with E-state index in [0.717, 1.165) is 27.8 Å². The molecule has 106 valence electrons. The molecule has 0 fully saturated rings. The highest BCUT2D eigenvalue weighted by molar-refractivity contribution is 5.96. The summed E-state index contributed by atoms with van der Waals surface area (Å²) in [5.41, 5.74) is 7.74. The SMILES string of the molecule is COc1ccc(COc2ccc(N)c3cnccc23)cc1. The van der Waals surface area contributed by atoms with Gasteiger partial charge >= 0.3 is 0 Å². The topological polar surface area (TPSA) is 57.4 Å². The smallest absolute Gasteiger partial charge is 0.127 e. The van der Waals surface area contributed by atoms with Gasteiger partial charge in [0.1, 0.15) is 18.1 Å². The minimum absolute atomic E-state index is 0.491. The summed E-state index contributed by atoms with van der Waals surface area (Å²) in [4.78, 5) is 4.10. The molecule has 4 nitrogen and oxygen atoms in total. The Balaban J connectivity index is 1.83. The first-order valence-corrected chi connectivity index (χ1v) is 6.66. The van der Waals surface area contributed by atoms with Crippen LogP contribution in [0.15, 0.2) is 54.9 Å². The normalized spacial score (nSPS) is 10.5. The van der Waals surface area contributed by atoms with Crippen LogP contribution in [0.3, 0.4) is 0 Å². The van der Waals surface area contributed by atoms with Crippen LogP contribution in [0.25, 0.3) is 10.8 Å². The van der Waals surface area contributed by atoms with Crippen LogP contribution in [0, 0.1) is 0 Å². The lowest BCUT2D eigenvalue weighted by molar-refractivity contribution is 0.310. The summed E-state index contributed by atoms with van der Waals surface area (Å²) < 4.78 is 11.1. The maximum atomic E-state index is 5.95. The number of aromatic nitrogens is 1. The molecule has 1 aromatic heterocycles. The number of benzene rings is 2. The van der Waals surface area contributed by atoms with Crippen molar-refractivity contribution < 1.29 is 9.47 Å². The van der Waals surface area contributed by atoms with Crippen molar-refractivity contribution in [3.63, 3.8) is 0 Å². The van der Waals surface area contributed by atoms with E-state index >= 15 is 0 Å². The molecule has 0 saturated carbocycles. The molecule has 0 saturated heterocycles. The van der Waals surface area contributed by atoms with Gasteiger partial charge in [-0.1, -0.05) is 12.1 Å². The van der Waals surface area contributed by atoms with Gasteiger partial charge in [-0.15, -0.1) is 0 Å². The minimum Gasteiger partial charge on any atom is -0.497 e. The van der Waals surface area contributed by atoms with Crippen LogP contribution in [-0.2, 0) is 6.61 Å². The largest absolute Gasteiger partial charge is 0.497 e. The molecule has 3 rings (SSSR count). The van der Waals surface area contributed by atoms with Gasteiger partial charge in [-0.3, -0.25) is 4.98 Å². The van der Waals surface area contributed by atoms with Gasteiger partial charge in [-0.25, -0.2) is 0 Å². The number of ether oxygens (including phenoxy) is 2. The number of nitrogens with zero attached hydrogens (tertiary/aromatic N) is 1. The van der Waals surface area contributed by atoms with Crippen LogP contribution in [0.2, 0.25) is 0 Å². The lowest BCUT2D eigenvalue weighted by atomic mass is 10.1. The zero-order chi connectivity index (χ0) is 14.7. The van der Waals surface area contributed by atoms with Gasteiger partial charge in [0.05, 0.1) is 7.11 Å². The Hall–Kier alpha value is -2.75. The van der Waals surface area contributed by atoms with Gasteiger partial charge in [-0.2, -0.15) is 0 Å². The second-order valence-electron chi connectivity index (χ2n) is 4.71. The second-order valence-corrected chi connectivity index (χ2v) is 4.71. The quantitative estimate of drug-likeness (QED) is 0.744. The minimum atomic E-state index is 0.491. The summed E-state index contributed by atoms with van der Waals surface area (Å²) in [5, 5.41) is 1.88. The first kappa shape index (κ1) is 13.2. The Bertz CT molecular complexity index is 754. The highest BCUT2D eigenvalue weighted by atomic mass is 16.5. The number of nitrogens with two attached hydrogens (primary N) is 1. The van der Waals surface area contributed by atoms with Crippen LogP contribution >= 0.6 is 0 Å². The maximum absolute atomic E-state index is 5.95. The molecule has 1 heterocycles. The third kappa shape index (κ3) is 2.74. The zero-order valence-electron chi connectivity index (χ0n) is 11.7. The predicted octanol–water partition coefficient (Wildman–Crippen LogP) is 3.40. The molecule has 0 aliphatic carbocycles. The average molecular weight is 280 g/mol. The van der Waals surface area contributed by atoms with Gasteiger partial charge in [0.2, 0.25) is 0 Å². The van der Waals surface area contributed by atoms with E-state index in [0.29, 0.717) is 12.3 Å². The van der Waals surface area contributed by atoms with Crippen LogP contribution in [0.4, 0.5) is 5.69 Å².